The van der Waals surface area contributed by atoms with E-state index in [0.29, 0.717) is 5.13 Å². The number of nitro groups is 1. The first kappa shape index (κ1) is 15.1. The molecule has 0 aliphatic rings. The van der Waals surface area contributed by atoms with Gasteiger partial charge in [0.05, 0.1) is 6.07 Å². The quantitative estimate of drug-likeness (QED) is 0.478. The van der Waals surface area contributed by atoms with Crippen LogP contribution in [0.25, 0.3) is 0 Å². The van der Waals surface area contributed by atoms with Crippen LogP contribution >= 0.6 is 11.3 Å². The van der Waals surface area contributed by atoms with Gasteiger partial charge in [0.2, 0.25) is 5.13 Å². The number of furan rings is 1. The monoisotopic (exact) mass is 310 g/mol. The van der Waals surface area contributed by atoms with Crippen LogP contribution in [0, 0.1) is 10.1 Å². The van der Waals surface area contributed by atoms with Crippen molar-refractivity contribution < 1.29 is 14.1 Å². The van der Waals surface area contributed by atoms with Gasteiger partial charge < -0.3 is 4.42 Å². The van der Waals surface area contributed by atoms with E-state index in [1.807, 2.05) is 0 Å². The summed E-state index contributed by atoms with van der Waals surface area (Å²) in [4.78, 5) is 21.6. The van der Waals surface area contributed by atoms with Crippen LogP contribution in [-0.2, 0) is 6.42 Å². The SMILES string of the molecule is CCCCCc1nnc(NC(=O)c2ccc([N+](=O)[O-])o2)s1. The van der Waals surface area contributed by atoms with Crippen LogP contribution < -0.4 is 5.32 Å². The molecule has 0 fully saturated rings. The highest BCUT2D eigenvalue weighted by atomic mass is 32.1. The predicted octanol–water partition coefficient (Wildman–Crippen LogP) is 3.02. The van der Waals surface area contributed by atoms with Crippen molar-refractivity contribution in [2.45, 2.75) is 32.6 Å². The van der Waals surface area contributed by atoms with Crippen LogP contribution in [0.1, 0.15) is 41.7 Å². The molecule has 0 bridgehead atoms. The number of nitrogens with one attached hydrogen (secondary N) is 1. The van der Waals surface area contributed by atoms with Gasteiger partial charge in [-0.05, 0) is 12.5 Å². The Labute approximate surface area is 124 Å². The smallest absolute Gasteiger partial charge is 0.395 e. The van der Waals surface area contributed by atoms with Crippen LogP contribution in [0.3, 0.4) is 0 Å². The Kier molecular flexibility index (Phi) is 4.99. The molecule has 1 amide bonds. The fourth-order valence-corrected chi connectivity index (χ4v) is 2.41. The van der Waals surface area contributed by atoms with Gasteiger partial charge in [-0.15, -0.1) is 10.2 Å². The maximum Gasteiger partial charge on any atom is 0.433 e. The molecule has 0 saturated carbocycles. The zero-order chi connectivity index (χ0) is 15.2. The number of unbranched alkanes of at least 4 members (excludes halogenated alkanes) is 2. The van der Waals surface area contributed by atoms with Crippen molar-refractivity contribution in [2.75, 3.05) is 5.32 Å². The number of rotatable bonds is 7. The van der Waals surface area contributed by atoms with Gasteiger partial charge in [-0.2, -0.15) is 0 Å². The first-order valence-corrected chi connectivity index (χ1v) is 7.29. The Hall–Kier alpha value is -2.29. The molecular formula is C12H14N4O4S. The number of anilines is 1. The van der Waals surface area contributed by atoms with E-state index in [9.17, 15) is 14.9 Å². The largest absolute Gasteiger partial charge is 0.433 e. The van der Waals surface area contributed by atoms with Gasteiger partial charge >= 0.3 is 5.88 Å². The van der Waals surface area contributed by atoms with Crippen molar-refractivity contribution in [1.29, 1.82) is 0 Å². The number of aryl methyl sites for hydroxylation is 1. The van der Waals surface area contributed by atoms with Gasteiger partial charge in [0.15, 0.2) is 5.76 Å². The fraction of sp³-hybridized carbons (Fsp3) is 0.417. The number of amides is 1. The zero-order valence-corrected chi connectivity index (χ0v) is 12.2. The third-order valence-electron chi connectivity index (χ3n) is 2.68. The van der Waals surface area contributed by atoms with Crippen LogP contribution in [0.15, 0.2) is 16.5 Å². The summed E-state index contributed by atoms with van der Waals surface area (Å²) in [7, 11) is 0. The standard InChI is InChI=1S/C12H14N4O4S/c1-2-3-4-5-9-14-15-12(21-9)13-11(17)8-6-7-10(20-8)16(18)19/h6-7H,2-5H2,1H3,(H,13,15,17). The molecule has 0 aliphatic heterocycles. The van der Waals surface area contributed by atoms with Gasteiger partial charge in [0.1, 0.15) is 9.93 Å². The molecule has 2 aromatic rings. The molecule has 21 heavy (non-hydrogen) atoms. The topological polar surface area (TPSA) is 111 Å². The first-order chi connectivity index (χ1) is 10.1. The maximum atomic E-state index is 11.8. The van der Waals surface area contributed by atoms with E-state index < -0.39 is 16.7 Å². The highest BCUT2D eigenvalue weighted by Crippen LogP contribution is 2.20. The highest BCUT2D eigenvalue weighted by molar-refractivity contribution is 7.15. The van der Waals surface area contributed by atoms with E-state index in [2.05, 4.69) is 22.4 Å². The average Bonchev–Trinajstić information content (AvgIpc) is 3.08. The van der Waals surface area contributed by atoms with Crippen LogP contribution in [0.5, 0.6) is 0 Å². The summed E-state index contributed by atoms with van der Waals surface area (Å²) in [5.41, 5.74) is 0. The van der Waals surface area contributed by atoms with Crippen molar-refractivity contribution in [3.05, 3.63) is 33.0 Å². The minimum absolute atomic E-state index is 0.135. The highest BCUT2D eigenvalue weighted by Gasteiger charge is 2.18. The molecule has 0 aliphatic carbocycles. The molecule has 112 valence electrons. The molecule has 2 aromatic heterocycles. The second kappa shape index (κ2) is 6.93. The van der Waals surface area contributed by atoms with Crippen LogP contribution in [-0.4, -0.2) is 21.0 Å². The fourth-order valence-electron chi connectivity index (χ4n) is 1.64. The Morgan fingerprint density at radius 2 is 2.24 bits per heavy atom. The summed E-state index contributed by atoms with van der Waals surface area (Å²) in [5.74, 6) is -1.19. The van der Waals surface area contributed by atoms with Gasteiger partial charge in [-0.3, -0.25) is 20.2 Å². The predicted molar refractivity (Wildman–Crippen MR) is 76.5 cm³/mol. The third kappa shape index (κ3) is 4.09. The number of carbonyl (C=O) groups excluding carboxylic acids is 1. The number of carbonyl (C=O) groups is 1. The molecule has 0 spiro atoms. The molecule has 0 atom stereocenters. The summed E-state index contributed by atoms with van der Waals surface area (Å²) in [5, 5.41) is 22.0. The van der Waals surface area contributed by atoms with Crippen molar-refractivity contribution in [1.82, 2.24) is 10.2 Å². The number of hydrogen-bond donors (Lipinski definition) is 1. The van der Waals surface area contributed by atoms with E-state index in [4.69, 9.17) is 4.42 Å². The second-order valence-corrected chi connectivity index (χ2v) is 5.37. The summed E-state index contributed by atoms with van der Waals surface area (Å²) < 4.78 is 4.81. The number of nitrogens with zero attached hydrogens (tertiary/aromatic N) is 3. The summed E-state index contributed by atoms with van der Waals surface area (Å²) >= 11 is 1.29. The van der Waals surface area contributed by atoms with Gasteiger partial charge in [-0.1, -0.05) is 31.1 Å². The average molecular weight is 310 g/mol. The Morgan fingerprint density at radius 3 is 2.90 bits per heavy atom. The second-order valence-electron chi connectivity index (χ2n) is 4.31. The van der Waals surface area contributed by atoms with E-state index in [1.54, 1.807) is 0 Å². The molecule has 0 aromatic carbocycles. The minimum atomic E-state index is -0.701. The summed E-state index contributed by atoms with van der Waals surface area (Å²) in [6, 6.07) is 2.38. The lowest BCUT2D eigenvalue weighted by atomic mass is 10.2. The Balaban J connectivity index is 1.94. The van der Waals surface area contributed by atoms with Crippen molar-refractivity contribution >= 4 is 28.3 Å². The molecule has 0 unspecified atom stereocenters. The van der Waals surface area contributed by atoms with E-state index in [1.165, 1.54) is 17.4 Å². The first-order valence-electron chi connectivity index (χ1n) is 6.48. The van der Waals surface area contributed by atoms with Gasteiger partial charge in [0.25, 0.3) is 5.91 Å². The molecule has 2 heterocycles. The van der Waals surface area contributed by atoms with Crippen LogP contribution in [0.4, 0.5) is 11.0 Å². The minimum Gasteiger partial charge on any atom is -0.395 e. The van der Waals surface area contributed by atoms with Gasteiger partial charge in [0, 0.05) is 6.42 Å². The number of hydrogen-bond acceptors (Lipinski definition) is 7. The number of aromatic nitrogens is 2. The molecule has 0 saturated heterocycles. The van der Waals surface area contributed by atoms with Crippen molar-refractivity contribution in [3.8, 4) is 0 Å². The van der Waals surface area contributed by atoms with Crippen LogP contribution in [0.2, 0.25) is 0 Å². The Bertz CT molecular complexity index is 637. The molecule has 8 nitrogen and oxygen atoms in total. The van der Waals surface area contributed by atoms with E-state index >= 15 is 0 Å². The third-order valence-corrected chi connectivity index (χ3v) is 3.58. The lowest BCUT2D eigenvalue weighted by Crippen LogP contribution is -2.10. The van der Waals surface area contributed by atoms with Crippen molar-refractivity contribution in [2.24, 2.45) is 0 Å². The maximum absolute atomic E-state index is 11.8. The molecular weight excluding hydrogens is 296 g/mol. The molecule has 9 heteroatoms. The van der Waals surface area contributed by atoms with E-state index in [-0.39, 0.29) is 5.76 Å². The lowest BCUT2D eigenvalue weighted by Gasteiger charge is -1.96. The summed E-state index contributed by atoms with van der Waals surface area (Å²) in [6.45, 7) is 2.12. The Morgan fingerprint density at radius 1 is 1.43 bits per heavy atom. The normalized spacial score (nSPS) is 10.5. The molecule has 0 radical (unpaired) electrons. The summed E-state index contributed by atoms with van der Waals surface area (Å²) in [6.07, 6.45) is 4.11. The van der Waals surface area contributed by atoms with Crippen molar-refractivity contribution in [3.63, 3.8) is 0 Å². The molecule has 1 N–H and O–H groups in total. The zero-order valence-electron chi connectivity index (χ0n) is 11.4. The molecule has 2 rings (SSSR count). The van der Waals surface area contributed by atoms with E-state index in [0.717, 1.165) is 36.8 Å². The van der Waals surface area contributed by atoms with Gasteiger partial charge in [-0.25, -0.2) is 0 Å². The lowest BCUT2D eigenvalue weighted by molar-refractivity contribution is -0.402.